The molecule has 1 aliphatic rings. The fourth-order valence-corrected chi connectivity index (χ4v) is 1.92. The van der Waals surface area contributed by atoms with E-state index in [2.05, 4.69) is 22.2 Å². The minimum absolute atomic E-state index is 0.159. The van der Waals surface area contributed by atoms with Gasteiger partial charge in [-0.1, -0.05) is 18.2 Å². The Labute approximate surface area is 96.0 Å². The van der Waals surface area contributed by atoms with Gasteiger partial charge in [0.05, 0.1) is 32.1 Å². The first kappa shape index (κ1) is 11.4. The van der Waals surface area contributed by atoms with Crippen LogP contribution in [-0.4, -0.2) is 49.6 Å². The van der Waals surface area contributed by atoms with Gasteiger partial charge in [-0.2, -0.15) is 0 Å². The molecule has 0 aliphatic carbocycles. The number of morpholine rings is 1. The van der Waals surface area contributed by atoms with E-state index in [0.717, 1.165) is 32.0 Å². The van der Waals surface area contributed by atoms with Gasteiger partial charge in [-0.05, 0) is 12.1 Å². The van der Waals surface area contributed by atoms with E-state index < -0.39 is 0 Å². The summed E-state index contributed by atoms with van der Waals surface area (Å²) in [5, 5.41) is 13.5. The summed E-state index contributed by atoms with van der Waals surface area (Å²) in [4.78, 5) is 0. The Hall–Kier alpha value is -1.10. The van der Waals surface area contributed by atoms with Crippen LogP contribution in [0, 0.1) is 0 Å². The van der Waals surface area contributed by atoms with Gasteiger partial charge >= 0.3 is 0 Å². The quantitative estimate of drug-likeness (QED) is 0.815. The molecule has 1 aromatic rings. The van der Waals surface area contributed by atoms with Gasteiger partial charge in [-0.25, -0.2) is 5.01 Å². The standard InChI is InChI=1S/C12H18N2O2/c15-9-6-14(12-4-2-1-3-5-12)13-7-10-16-11-8-13/h1-5,15H,6-11H2. The van der Waals surface area contributed by atoms with E-state index >= 15 is 0 Å². The number of hydrogen-bond acceptors (Lipinski definition) is 4. The molecule has 0 aromatic heterocycles. The molecule has 88 valence electrons. The van der Waals surface area contributed by atoms with Gasteiger partial charge in [0.2, 0.25) is 0 Å². The van der Waals surface area contributed by atoms with Gasteiger partial charge in [0.1, 0.15) is 0 Å². The number of benzene rings is 1. The highest BCUT2D eigenvalue weighted by Crippen LogP contribution is 2.16. The fourth-order valence-electron chi connectivity index (χ4n) is 1.92. The predicted molar refractivity (Wildman–Crippen MR) is 63.3 cm³/mol. The maximum atomic E-state index is 9.13. The Balaban J connectivity index is 2.09. The zero-order valence-electron chi connectivity index (χ0n) is 9.38. The highest BCUT2D eigenvalue weighted by atomic mass is 16.5. The molecule has 4 heteroatoms. The normalized spacial score (nSPS) is 17.3. The molecule has 0 unspecified atom stereocenters. The molecule has 0 spiro atoms. The van der Waals surface area contributed by atoms with E-state index in [1.165, 1.54) is 0 Å². The van der Waals surface area contributed by atoms with E-state index in [1.54, 1.807) is 0 Å². The lowest BCUT2D eigenvalue weighted by molar-refractivity contribution is 0.0298. The zero-order chi connectivity index (χ0) is 11.2. The summed E-state index contributed by atoms with van der Waals surface area (Å²) < 4.78 is 5.33. The van der Waals surface area contributed by atoms with Gasteiger partial charge < -0.3 is 14.9 Å². The molecule has 1 N–H and O–H groups in total. The smallest absolute Gasteiger partial charge is 0.0622 e. The van der Waals surface area contributed by atoms with Crippen molar-refractivity contribution in [3.05, 3.63) is 30.3 Å². The molecular weight excluding hydrogens is 204 g/mol. The Morgan fingerprint density at radius 1 is 1.19 bits per heavy atom. The second-order valence-corrected chi connectivity index (χ2v) is 3.75. The maximum absolute atomic E-state index is 9.13. The van der Waals surface area contributed by atoms with E-state index in [0.29, 0.717) is 6.54 Å². The Morgan fingerprint density at radius 2 is 1.88 bits per heavy atom. The lowest BCUT2D eigenvalue weighted by Crippen LogP contribution is -2.50. The van der Waals surface area contributed by atoms with Gasteiger partial charge in [-0.3, -0.25) is 0 Å². The van der Waals surface area contributed by atoms with Crippen LogP contribution in [-0.2, 0) is 4.74 Å². The van der Waals surface area contributed by atoms with Crippen molar-refractivity contribution < 1.29 is 9.84 Å². The molecule has 0 atom stereocenters. The van der Waals surface area contributed by atoms with Gasteiger partial charge in [-0.15, -0.1) is 0 Å². The van der Waals surface area contributed by atoms with Crippen LogP contribution in [0.4, 0.5) is 5.69 Å². The van der Waals surface area contributed by atoms with Crippen molar-refractivity contribution in [3.63, 3.8) is 0 Å². The third-order valence-corrected chi connectivity index (χ3v) is 2.69. The molecule has 0 bridgehead atoms. The van der Waals surface area contributed by atoms with Crippen LogP contribution in [0.25, 0.3) is 0 Å². The van der Waals surface area contributed by atoms with E-state index in [4.69, 9.17) is 9.84 Å². The summed E-state index contributed by atoms with van der Waals surface area (Å²) in [6, 6.07) is 10.1. The van der Waals surface area contributed by atoms with E-state index in [-0.39, 0.29) is 6.61 Å². The van der Waals surface area contributed by atoms with Crippen LogP contribution in [0.5, 0.6) is 0 Å². The third kappa shape index (κ3) is 2.72. The average molecular weight is 222 g/mol. The molecule has 0 saturated carbocycles. The number of hydrazine groups is 1. The molecular formula is C12H18N2O2. The number of hydrogen-bond donors (Lipinski definition) is 1. The minimum atomic E-state index is 0.159. The summed E-state index contributed by atoms with van der Waals surface area (Å²) in [6.45, 7) is 4.07. The molecule has 16 heavy (non-hydrogen) atoms. The largest absolute Gasteiger partial charge is 0.394 e. The van der Waals surface area contributed by atoms with Crippen molar-refractivity contribution in [3.8, 4) is 0 Å². The Bertz CT molecular complexity index is 299. The van der Waals surface area contributed by atoms with Crippen LogP contribution in [0.1, 0.15) is 0 Å². The number of aliphatic hydroxyl groups is 1. The zero-order valence-corrected chi connectivity index (χ0v) is 9.38. The van der Waals surface area contributed by atoms with Gasteiger partial charge in [0.25, 0.3) is 0 Å². The van der Waals surface area contributed by atoms with Gasteiger partial charge in [0, 0.05) is 13.1 Å². The first-order chi connectivity index (χ1) is 7.92. The monoisotopic (exact) mass is 222 g/mol. The maximum Gasteiger partial charge on any atom is 0.0622 e. The molecule has 1 fully saturated rings. The number of para-hydroxylation sites is 1. The number of nitrogens with zero attached hydrogens (tertiary/aromatic N) is 2. The van der Waals surface area contributed by atoms with Crippen molar-refractivity contribution in [2.24, 2.45) is 0 Å². The Morgan fingerprint density at radius 3 is 2.50 bits per heavy atom. The molecule has 0 radical (unpaired) electrons. The first-order valence-corrected chi connectivity index (χ1v) is 5.68. The van der Waals surface area contributed by atoms with E-state index in [1.807, 2.05) is 18.2 Å². The summed E-state index contributed by atoms with van der Waals surface area (Å²) in [5.41, 5.74) is 1.12. The molecule has 4 nitrogen and oxygen atoms in total. The molecule has 0 amide bonds. The topological polar surface area (TPSA) is 35.9 Å². The van der Waals surface area contributed by atoms with Crippen molar-refractivity contribution in [1.82, 2.24) is 5.01 Å². The Kier molecular flexibility index (Phi) is 4.16. The minimum Gasteiger partial charge on any atom is -0.394 e. The summed E-state index contributed by atoms with van der Waals surface area (Å²) in [7, 11) is 0. The SMILES string of the molecule is OCCN(c1ccccc1)N1CCOCC1. The first-order valence-electron chi connectivity index (χ1n) is 5.68. The average Bonchev–Trinajstić information content (AvgIpc) is 2.38. The number of anilines is 1. The van der Waals surface area contributed by atoms with Crippen LogP contribution < -0.4 is 5.01 Å². The number of ether oxygens (including phenoxy) is 1. The van der Waals surface area contributed by atoms with Crippen LogP contribution in [0.2, 0.25) is 0 Å². The lowest BCUT2D eigenvalue weighted by Gasteiger charge is -2.38. The third-order valence-electron chi connectivity index (χ3n) is 2.69. The summed E-state index contributed by atoms with van der Waals surface area (Å²) in [5.74, 6) is 0. The van der Waals surface area contributed by atoms with Crippen molar-refractivity contribution in [1.29, 1.82) is 0 Å². The second-order valence-electron chi connectivity index (χ2n) is 3.75. The number of aliphatic hydroxyl groups excluding tert-OH is 1. The van der Waals surface area contributed by atoms with Crippen molar-refractivity contribution in [2.75, 3.05) is 44.5 Å². The van der Waals surface area contributed by atoms with Crippen LogP contribution in [0.3, 0.4) is 0 Å². The molecule has 1 saturated heterocycles. The molecule has 1 aliphatic heterocycles. The lowest BCUT2D eigenvalue weighted by atomic mass is 10.3. The number of rotatable bonds is 4. The van der Waals surface area contributed by atoms with Crippen LogP contribution in [0.15, 0.2) is 30.3 Å². The molecule has 2 rings (SSSR count). The molecule has 1 aromatic carbocycles. The van der Waals surface area contributed by atoms with Crippen molar-refractivity contribution in [2.45, 2.75) is 0 Å². The molecule has 1 heterocycles. The highest BCUT2D eigenvalue weighted by molar-refractivity contribution is 5.44. The summed E-state index contributed by atoms with van der Waals surface area (Å²) in [6.07, 6.45) is 0. The fraction of sp³-hybridized carbons (Fsp3) is 0.500. The predicted octanol–water partition coefficient (Wildman–Crippen LogP) is 0.732. The van der Waals surface area contributed by atoms with Gasteiger partial charge in [0.15, 0.2) is 0 Å². The van der Waals surface area contributed by atoms with E-state index in [9.17, 15) is 0 Å². The van der Waals surface area contributed by atoms with Crippen molar-refractivity contribution >= 4 is 5.69 Å². The summed E-state index contributed by atoms with van der Waals surface area (Å²) >= 11 is 0. The second kappa shape index (κ2) is 5.84. The van der Waals surface area contributed by atoms with Crippen LogP contribution >= 0.6 is 0 Å². The highest BCUT2D eigenvalue weighted by Gasteiger charge is 2.18.